The molecule has 2 heteroatoms. The SMILES string of the molecule is CC1CCCCC1(c1ccc(N(c2ccccc2)c2ccccc2)cc1)c1ccc(N(c2ccc(-c3ccccc3)cc2)c2ccc3c(c2)C(C)(C)c2cccc(-c4ccccc4)c2-3)cc1. The third-order valence-electron chi connectivity index (χ3n) is 14.9. The van der Waals surface area contributed by atoms with Crippen LogP contribution in [0.5, 0.6) is 0 Å². The molecule has 1 saturated carbocycles. The first-order chi connectivity index (χ1) is 32.4. The second-order valence-corrected chi connectivity index (χ2v) is 18.9. The summed E-state index contributed by atoms with van der Waals surface area (Å²) >= 11 is 0. The highest BCUT2D eigenvalue weighted by Crippen LogP contribution is 2.54. The quantitative estimate of drug-likeness (QED) is 0.135. The molecule has 66 heavy (non-hydrogen) atoms. The summed E-state index contributed by atoms with van der Waals surface area (Å²) in [7, 11) is 0. The predicted octanol–water partition coefficient (Wildman–Crippen LogP) is 17.8. The molecular formula is C64H56N2. The van der Waals surface area contributed by atoms with Gasteiger partial charge in [0, 0.05) is 45.0 Å². The maximum absolute atomic E-state index is 2.48. The average Bonchev–Trinajstić information content (AvgIpc) is 3.61. The Hall–Kier alpha value is -7.42. The fourth-order valence-electron chi connectivity index (χ4n) is 11.4. The predicted molar refractivity (Wildman–Crippen MR) is 279 cm³/mol. The van der Waals surface area contributed by atoms with Crippen molar-refractivity contribution in [2.75, 3.05) is 9.80 Å². The molecule has 2 aliphatic rings. The molecule has 2 aliphatic carbocycles. The minimum atomic E-state index is -0.170. The van der Waals surface area contributed by atoms with E-state index in [2.05, 4.69) is 261 Å². The Labute approximate surface area is 391 Å². The smallest absolute Gasteiger partial charge is 0.0465 e. The minimum absolute atomic E-state index is 0.0956. The molecule has 0 bridgehead atoms. The van der Waals surface area contributed by atoms with Crippen molar-refractivity contribution in [3.05, 3.63) is 253 Å². The van der Waals surface area contributed by atoms with Crippen molar-refractivity contribution in [2.45, 2.75) is 57.3 Å². The van der Waals surface area contributed by atoms with E-state index in [0.29, 0.717) is 5.92 Å². The van der Waals surface area contributed by atoms with Gasteiger partial charge < -0.3 is 9.80 Å². The first-order valence-corrected chi connectivity index (χ1v) is 23.8. The zero-order valence-corrected chi connectivity index (χ0v) is 38.2. The maximum Gasteiger partial charge on any atom is 0.0465 e. The van der Waals surface area contributed by atoms with E-state index in [4.69, 9.17) is 0 Å². The van der Waals surface area contributed by atoms with Crippen molar-refractivity contribution in [3.63, 3.8) is 0 Å². The van der Waals surface area contributed by atoms with Crippen LogP contribution in [0.4, 0.5) is 34.1 Å². The summed E-state index contributed by atoms with van der Waals surface area (Å²) in [5, 5.41) is 0. The van der Waals surface area contributed by atoms with Crippen LogP contribution in [0.3, 0.4) is 0 Å². The van der Waals surface area contributed by atoms with Crippen LogP contribution in [0.1, 0.15) is 68.7 Å². The number of hydrogen-bond acceptors (Lipinski definition) is 2. The molecule has 0 heterocycles. The number of hydrogen-bond donors (Lipinski definition) is 0. The third-order valence-corrected chi connectivity index (χ3v) is 14.9. The van der Waals surface area contributed by atoms with Gasteiger partial charge in [0.05, 0.1) is 0 Å². The molecule has 9 aromatic rings. The monoisotopic (exact) mass is 852 g/mol. The van der Waals surface area contributed by atoms with E-state index in [-0.39, 0.29) is 10.8 Å². The van der Waals surface area contributed by atoms with Crippen molar-refractivity contribution in [3.8, 4) is 33.4 Å². The lowest BCUT2D eigenvalue weighted by Crippen LogP contribution is -2.37. The molecule has 0 saturated heterocycles. The highest BCUT2D eigenvalue weighted by molar-refractivity contribution is 5.94. The van der Waals surface area contributed by atoms with Gasteiger partial charge in [-0.1, -0.05) is 191 Å². The van der Waals surface area contributed by atoms with Crippen LogP contribution in [0.25, 0.3) is 33.4 Å². The van der Waals surface area contributed by atoms with Crippen LogP contribution in [0.2, 0.25) is 0 Å². The van der Waals surface area contributed by atoms with Gasteiger partial charge in [0.15, 0.2) is 0 Å². The van der Waals surface area contributed by atoms with Gasteiger partial charge in [0.25, 0.3) is 0 Å². The summed E-state index contributed by atoms with van der Waals surface area (Å²) in [6, 6.07) is 85.3. The highest BCUT2D eigenvalue weighted by atomic mass is 15.1. The third kappa shape index (κ3) is 7.22. The number of para-hydroxylation sites is 2. The van der Waals surface area contributed by atoms with E-state index < -0.39 is 0 Å². The molecule has 2 atom stereocenters. The Morgan fingerprint density at radius 3 is 1.38 bits per heavy atom. The maximum atomic E-state index is 2.48. The number of nitrogens with zero attached hydrogens (tertiary/aromatic N) is 2. The van der Waals surface area contributed by atoms with Crippen molar-refractivity contribution in [1.29, 1.82) is 0 Å². The molecule has 11 rings (SSSR count). The normalized spacial score (nSPS) is 17.1. The van der Waals surface area contributed by atoms with Gasteiger partial charge >= 0.3 is 0 Å². The molecular weight excluding hydrogens is 797 g/mol. The van der Waals surface area contributed by atoms with Crippen molar-refractivity contribution in [1.82, 2.24) is 0 Å². The van der Waals surface area contributed by atoms with Gasteiger partial charge in [-0.3, -0.25) is 0 Å². The molecule has 0 amide bonds. The Morgan fingerprint density at radius 1 is 0.379 bits per heavy atom. The standard InChI is InChI=1S/C64H56N2/c1-46-19-16-17-44-64(46,50-32-38-55(39-33-50)65(52-24-12-6-13-25-52)53-26-14-7-15-27-53)51-34-40-56(41-35-51)66(54-36-30-48(31-37-54)47-20-8-4-9-21-47)57-42-43-59-61(45-57)63(2,3)60-29-18-28-58(62(59)60)49-22-10-5-11-23-49/h4-15,18,20-43,45-46H,16-17,19,44H2,1-3H3. The van der Waals surface area contributed by atoms with Crippen molar-refractivity contribution >= 4 is 34.1 Å². The summed E-state index contributed by atoms with van der Waals surface area (Å²) in [6.45, 7) is 7.26. The van der Waals surface area contributed by atoms with E-state index in [9.17, 15) is 0 Å². The molecule has 0 aliphatic heterocycles. The number of benzene rings is 9. The average molecular weight is 853 g/mol. The molecule has 0 aromatic heterocycles. The summed E-state index contributed by atoms with van der Waals surface area (Å²) in [4.78, 5) is 4.82. The number of fused-ring (bicyclic) bond motifs is 3. The first kappa shape index (κ1) is 41.3. The van der Waals surface area contributed by atoms with Crippen LogP contribution in [0, 0.1) is 5.92 Å². The zero-order chi connectivity index (χ0) is 44.7. The van der Waals surface area contributed by atoms with E-state index in [1.807, 2.05) is 0 Å². The number of rotatable bonds is 10. The van der Waals surface area contributed by atoms with Gasteiger partial charge in [-0.2, -0.15) is 0 Å². The summed E-state index contributed by atoms with van der Waals surface area (Å²) in [6.07, 6.45) is 4.83. The van der Waals surface area contributed by atoms with Gasteiger partial charge in [-0.05, 0) is 147 Å². The van der Waals surface area contributed by atoms with Gasteiger partial charge in [0.2, 0.25) is 0 Å². The molecule has 0 N–H and O–H groups in total. The summed E-state index contributed by atoms with van der Waals surface area (Å²) in [5.74, 6) is 0.491. The minimum Gasteiger partial charge on any atom is -0.311 e. The van der Waals surface area contributed by atoms with E-state index in [1.54, 1.807) is 0 Å². The van der Waals surface area contributed by atoms with Crippen LogP contribution >= 0.6 is 0 Å². The molecule has 1 fully saturated rings. The van der Waals surface area contributed by atoms with Gasteiger partial charge in [-0.25, -0.2) is 0 Å². The van der Waals surface area contributed by atoms with Crippen molar-refractivity contribution in [2.24, 2.45) is 5.92 Å². The lowest BCUT2D eigenvalue weighted by molar-refractivity contribution is 0.244. The Bertz CT molecular complexity index is 3050. The van der Waals surface area contributed by atoms with Crippen LogP contribution in [-0.4, -0.2) is 0 Å². The van der Waals surface area contributed by atoms with E-state index >= 15 is 0 Å². The van der Waals surface area contributed by atoms with Crippen LogP contribution in [-0.2, 0) is 10.8 Å². The van der Waals surface area contributed by atoms with E-state index in [0.717, 1.165) is 40.5 Å². The Balaban J connectivity index is 0.998. The second-order valence-electron chi connectivity index (χ2n) is 18.9. The molecule has 2 nitrogen and oxygen atoms in total. The summed E-state index contributed by atoms with van der Waals surface area (Å²) in [5.41, 5.74) is 19.8. The fraction of sp³-hybridized carbons (Fsp3) is 0.156. The summed E-state index contributed by atoms with van der Waals surface area (Å²) < 4.78 is 0. The molecule has 0 radical (unpaired) electrons. The second kappa shape index (κ2) is 17.2. The molecule has 0 spiro atoms. The van der Waals surface area contributed by atoms with Crippen molar-refractivity contribution < 1.29 is 0 Å². The highest BCUT2D eigenvalue weighted by Gasteiger charge is 2.42. The lowest BCUT2D eigenvalue weighted by Gasteiger charge is -2.44. The number of anilines is 6. The Kier molecular flexibility index (Phi) is 10.7. The van der Waals surface area contributed by atoms with Crippen LogP contribution in [0.15, 0.2) is 231 Å². The largest absolute Gasteiger partial charge is 0.311 e. The van der Waals surface area contributed by atoms with Crippen LogP contribution < -0.4 is 9.80 Å². The topological polar surface area (TPSA) is 6.48 Å². The first-order valence-electron chi connectivity index (χ1n) is 23.8. The molecule has 322 valence electrons. The van der Waals surface area contributed by atoms with Gasteiger partial charge in [-0.15, -0.1) is 0 Å². The lowest BCUT2D eigenvalue weighted by atomic mass is 9.60. The molecule has 2 unspecified atom stereocenters. The van der Waals surface area contributed by atoms with Gasteiger partial charge in [0.1, 0.15) is 0 Å². The fourth-order valence-corrected chi connectivity index (χ4v) is 11.4. The molecule has 9 aromatic carbocycles. The Morgan fingerprint density at radius 2 is 0.833 bits per heavy atom. The zero-order valence-electron chi connectivity index (χ0n) is 38.2. The van der Waals surface area contributed by atoms with E-state index in [1.165, 1.54) is 74.9 Å².